The summed E-state index contributed by atoms with van der Waals surface area (Å²) in [4.78, 5) is 23.8. The normalized spacial score (nSPS) is 10.4. The number of aromatic carboxylic acids is 1. The lowest BCUT2D eigenvalue weighted by molar-refractivity contribution is -0.115. The Kier molecular flexibility index (Phi) is 6.00. The number of benzene rings is 3. The van der Waals surface area contributed by atoms with E-state index < -0.39 is 5.97 Å². The van der Waals surface area contributed by atoms with Crippen LogP contribution in [0.3, 0.4) is 0 Å². The Balaban J connectivity index is 1.73. The van der Waals surface area contributed by atoms with Gasteiger partial charge in [0.2, 0.25) is 5.91 Å². The quantitative estimate of drug-likeness (QED) is 0.659. The average molecular weight is 359 g/mol. The molecule has 4 heteroatoms. The van der Waals surface area contributed by atoms with E-state index in [-0.39, 0.29) is 17.9 Å². The Morgan fingerprint density at radius 1 is 0.741 bits per heavy atom. The molecule has 0 radical (unpaired) electrons. The highest BCUT2D eigenvalue weighted by molar-refractivity contribution is 6.01. The van der Waals surface area contributed by atoms with Crippen molar-refractivity contribution in [3.8, 4) is 0 Å². The number of amides is 1. The Morgan fingerprint density at radius 2 is 1.33 bits per heavy atom. The van der Waals surface area contributed by atoms with Gasteiger partial charge in [0, 0.05) is 0 Å². The molecule has 0 spiro atoms. The van der Waals surface area contributed by atoms with Crippen LogP contribution < -0.4 is 5.32 Å². The van der Waals surface area contributed by atoms with Crippen molar-refractivity contribution in [2.45, 2.75) is 19.3 Å². The predicted octanol–water partition coefficient (Wildman–Crippen LogP) is 4.35. The summed E-state index contributed by atoms with van der Waals surface area (Å²) in [5.74, 6) is -1.29. The fraction of sp³-hybridized carbons (Fsp3) is 0.130. The van der Waals surface area contributed by atoms with E-state index in [0.717, 1.165) is 24.0 Å². The second kappa shape index (κ2) is 8.81. The molecule has 0 fully saturated rings. The summed E-state index contributed by atoms with van der Waals surface area (Å²) >= 11 is 0. The summed E-state index contributed by atoms with van der Waals surface area (Å²) in [5, 5.41) is 12.2. The van der Waals surface area contributed by atoms with Crippen LogP contribution in [0.1, 0.15) is 27.0 Å². The summed E-state index contributed by atoms with van der Waals surface area (Å²) < 4.78 is 0. The first kappa shape index (κ1) is 18.4. The Morgan fingerprint density at radius 3 is 1.96 bits per heavy atom. The molecule has 0 aliphatic rings. The molecule has 3 rings (SSSR count). The van der Waals surface area contributed by atoms with E-state index in [1.54, 1.807) is 18.2 Å². The first-order valence-electron chi connectivity index (χ1n) is 8.86. The van der Waals surface area contributed by atoms with E-state index in [4.69, 9.17) is 0 Å². The maximum Gasteiger partial charge on any atom is 0.337 e. The molecule has 0 heterocycles. The minimum absolute atomic E-state index is 0.0971. The van der Waals surface area contributed by atoms with Crippen molar-refractivity contribution in [3.05, 3.63) is 101 Å². The first-order chi connectivity index (χ1) is 13.1. The van der Waals surface area contributed by atoms with Crippen LogP contribution in [0.2, 0.25) is 0 Å². The molecule has 0 aromatic heterocycles. The second-order valence-electron chi connectivity index (χ2n) is 6.38. The highest BCUT2D eigenvalue weighted by atomic mass is 16.4. The smallest absolute Gasteiger partial charge is 0.337 e. The molecule has 27 heavy (non-hydrogen) atoms. The van der Waals surface area contributed by atoms with Crippen molar-refractivity contribution >= 4 is 17.6 Å². The zero-order valence-electron chi connectivity index (χ0n) is 14.9. The summed E-state index contributed by atoms with van der Waals surface area (Å²) in [5.41, 5.74) is 3.52. The molecule has 0 saturated heterocycles. The number of anilines is 1. The van der Waals surface area contributed by atoms with Crippen molar-refractivity contribution in [3.63, 3.8) is 0 Å². The molecule has 0 aliphatic carbocycles. The molecule has 3 aromatic carbocycles. The van der Waals surface area contributed by atoms with Crippen molar-refractivity contribution in [1.29, 1.82) is 0 Å². The summed E-state index contributed by atoms with van der Waals surface area (Å²) in [6, 6.07) is 24.6. The van der Waals surface area contributed by atoms with Gasteiger partial charge in [-0.3, -0.25) is 4.79 Å². The molecular weight excluding hydrogens is 338 g/mol. The van der Waals surface area contributed by atoms with Gasteiger partial charge in [-0.25, -0.2) is 4.79 Å². The molecule has 0 aliphatic heterocycles. The minimum atomic E-state index is -1.06. The van der Waals surface area contributed by atoms with Gasteiger partial charge in [0.1, 0.15) is 0 Å². The van der Waals surface area contributed by atoms with Gasteiger partial charge >= 0.3 is 5.97 Å². The van der Waals surface area contributed by atoms with E-state index in [1.165, 1.54) is 5.56 Å². The van der Waals surface area contributed by atoms with Crippen LogP contribution in [0, 0.1) is 0 Å². The molecule has 0 saturated carbocycles. The molecule has 3 aromatic rings. The molecule has 1 amide bonds. The second-order valence-corrected chi connectivity index (χ2v) is 6.38. The lowest BCUT2D eigenvalue weighted by Crippen LogP contribution is -2.17. The van der Waals surface area contributed by atoms with Crippen LogP contribution in [0.5, 0.6) is 0 Å². The van der Waals surface area contributed by atoms with E-state index in [2.05, 4.69) is 17.4 Å². The maximum absolute atomic E-state index is 12.3. The summed E-state index contributed by atoms with van der Waals surface area (Å²) in [6.45, 7) is 0. The maximum atomic E-state index is 12.3. The van der Waals surface area contributed by atoms with Crippen molar-refractivity contribution in [1.82, 2.24) is 0 Å². The number of hydrogen-bond donors (Lipinski definition) is 2. The lowest BCUT2D eigenvalue weighted by atomic mass is 10.0. The third kappa shape index (κ3) is 5.28. The standard InChI is InChI=1S/C23H21NO3/c25-22(16-18-9-5-2-6-10-18)24-21-15-19(13-14-20(21)23(26)27)12-11-17-7-3-1-4-8-17/h1-10,13-15H,11-12,16H2,(H,24,25)(H,26,27). The molecule has 4 nitrogen and oxygen atoms in total. The van der Waals surface area contributed by atoms with Crippen LogP contribution in [0.4, 0.5) is 5.69 Å². The van der Waals surface area contributed by atoms with Gasteiger partial charge in [-0.15, -0.1) is 0 Å². The van der Waals surface area contributed by atoms with Gasteiger partial charge in [0.25, 0.3) is 0 Å². The predicted molar refractivity (Wildman–Crippen MR) is 106 cm³/mol. The Labute approximate surface area is 158 Å². The molecule has 0 atom stereocenters. The average Bonchev–Trinajstić information content (AvgIpc) is 2.68. The number of carboxylic acids is 1. The zero-order chi connectivity index (χ0) is 19.1. The third-order valence-corrected chi connectivity index (χ3v) is 4.34. The van der Waals surface area contributed by atoms with Crippen LogP contribution in [-0.2, 0) is 24.1 Å². The number of aryl methyl sites for hydroxylation is 2. The zero-order valence-corrected chi connectivity index (χ0v) is 14.9. The van der Waals surface area contributed by atoms with E-state index in [0.29, 0.717) is 5.69 Å². The lowest BCUT2D eigenvalue weighted by Gasteiger charge is -2.11. The molecule has 0 unspecified atom stereocenters. The van der Waals surface area contributed by atoms with Gasteiger partial charge in [-0.05, 0) is 41.7 Å². The molecule has 0 bridgehead atoms. The van der Waals surface area contributed by atoms with E-state index in [1.807, 2.05) is 48.5 Å². The van der Waals surface area contributed by atoms with Gasteiger partial charge < -0.3 is 10.4 Å². The minimum Gasteiger partial charge on any atom is -0.478 e. The Hall–Kier alpha value is -3.40. The van der Waals surface area contributed by atoms with E-state index >= 15 is 0 Å². The summed E-state index contributed by atoms with van der Waals surface area (Å²) in [7, 11) is 0. The number of carbonyl (C=O) groups excluding carboxylic acids is 1. The van der Waals surface area contributed by atoms with Crippen molar-refractivity contribution in [2.75, 3.05) is 5.32 Å². The van der Waals surface area contributed by atoms with E-state index in [9.17, 15) is 14.7 Å². The fourth-order valence-electron chi connectivity index (χ4n) is 2.95. The van der Waals surface area contributed by atoms with Crippen molar-refractivity contribution in [2.24, 2.45) is 0 Å². The number of carboxylic acid groups (broad SMARTS) is 1. The monoisotopic (exact) mass is 359 g/mol. The highest BCUT2D eigenvalue weighted by Crippen LogP contribution is 2.20. The van der Waals surface area contributed by atoms with Crippen LogP contribution in [0.25, 0.3) is 0 Å². The SMILES string of the molecule is O=C(Cc1ccccc1)Nc1cc(CCc2ccccc2)ccc1C(=O)O. The first-order valence-corrected chi connectivity index (χ1v) is 8.86. The number of hydrogen-bond acceptors (Lipinski definition) is 2. The highest BCUT2D eigenvalue weighted by Gasteiger charge is 2.14. The summed E-state index contributed by atoms with van der Waals surface area (Å²) in [6.07, 6.45) is 1.82. The largest absolute Gasteiger partial charge is 0.478 e. The fourth-order valence-corrected chi connectivity index (χ4v) is 2.95. The number of carbonyl (C=O) groups is 2. The number of rotatable bonds is 7. The molecule has 136 valence electrons. The van der Waals surface area contributed by atoms with Crippen molar-refractivity contribution < 1.29 is 14.7 Å². The molecular formula is C23H21NO3. The Bertz CT molecular complexity index is 921. The molecule has 2 N–H and O–H groups in total. The number of nitrogens with one attached hydrogen (secondary N) is 1. The van der Waals surface area contributed by atoms with Crippen LogP contribution in [-0.4, -0.2) is 17.0 Å². The van der Waals surface area contributed by atoms with Gasteiger partial charge in [0.05, 0.1) is 17.7 Å². The van der Waals surface area contributed by atoms with Crippen LogP contribution >= 0.6 is 0 Å². The van der Waals surface area contributed by atoms with Gasteiger partial charge in [0.15, 0.2) is 0 Å². The van der Waals surface area contributed by atoms with Gasteiger partial charge in [-0.1, -0.05) is 66.7 Å². The van der Waals surface area contributed by atoms with Gasteiger partial charge in [-0.2, -0.15) is 0 Å². The third-order valence-electron chi connectivity index (χ3n) is 4.34. The topological polar surface area (TPSA) is 66.4 Å². The van der Waals surface area contributed by atoms with Crippen LogP contribution in [0.15, 0.2) is 78.9 Å².